The number of hydrogen-bond acceptors (Lipinski definition) is 4. The topological polar surface area (TPSA) is 82.7 Å². The highest BCUT2D eigenvalue weighted by Gasteiger charge is 2.58. The number of hydrogen-bond donors (Lipinski definition) is 3. The minimum absolute atomic E-state index is 0.178. The molecule has 8 heteroatoms. The van der Waals surface area contributed by atoms with Crippen LogP contribution in [0.4, 0.5) is 13.2 Å². The molecule has 0 aliphatic rings. The molecule has 1 heterocycles. The maximum atomic E-state index is 13.2. The Balaban J connectivity index is 2.77. The first-order valence-corrected chi connectivity index (χ1v) is 7.26. The van der Waals surface area contributed by atoms with E-state index in [1.54, 1.807) is 0 Å². The molecular formula is C15H22F3NO4. The van der Waals surface area contributed by atoms with Crippen LogP contribution in [-0.4, -0.2) is 34.9 Å². The van der Waals surface area contributed by atoms with Gasteiger partial charge in [0.25, 0.3) is 0 Å². The third-order valence-electron chi connectivity index (χ3n) is 3.31. The zero-order valence-corrected chi connectivity index (χ0v) is 13.3. The van der Waals surface area contributed by atoms with Gasteiger partial charge in [0, 0.05) is 6.54 Å². The monoisotopic (exact) mass is 337 g/mol. The molecule has 0 aromatic carbocycles. The average Bonchev–Trinajstić information content (AvgIpc) is 2.81. The van der Waals surface area contributed by atoms with Gasteiger partial charge in [-0.15, -0.1) is 0 Å². The van der Waals surface area contributed by atoms with Crippen LogP contribution in [0, 0.1) is 12.8 Å². The first-order valence-electron chi connectivity index (χ1n) is 7.26. The normalized spacial score (nSPS) is 16.2. The second-order valence-corrected chi connectivity index (χ2v) is 6.03. The summed E-state index contributed by atoms with van der Waals surface area (Å²) in [4.78, 5) is 11.8. The van der Waals surface area contributed by atoms with Crippen LogP contribution in [-0.2, 0) is 10.4 Å². The standard InChI is InChI=1S/C15H22F3NO4/c1-9(2)6-11(20)8-19-13(21)7-14(22,15(16,17)18)12-5-4-10(3)23-12/h4-5,9,11,20,22H,6-8H2,1-3H3,(H,19,21). The smallest absolute Gasteiger partial charge is 0.425 e. The zero-order chi connectivity index (χ0) is 17.8. The Morgan fingerprint density at radius 2 is 1.96 bits per heavy atom. The maximum Gasteiger partial charge on any atom is 0.425 e. The number of halogens is 3. The summed E-state index contributed by atoms with van der Waals surface area (Å²) in [6.07, 6.45) is -6.77. The molecule has 0 fully saturated rings. The summed E-state index contributed by atoms with van der Waals surface area (Å²) in [5.74, 6) is -1.39. The van der Waals surface area contributed by atoms with E-state index in [1.165, 1.54) is 13.0 Å². The third kappa shape index (κ3) is 5.24. The van der Waals surface area contributed by atoms with Crippen molar-refractivity contribution >= 4 is 5.91 Å². The van der Waals surface area contributed by atoms with Crippen LogP contribution in [0.5, 0.6) is 0 Å². The van der Waals surface area contributed by atoms with Gasteiger partial charge in [-0.1, -0.05) is 13.8 Å². The summed E-state index contributed by atoms with van der Waals surface area (Å²) in [7, 11) is 0. The van der Waals surface area contributed by atoms with Crippen molar-refractivity contribution in [2.75, 3.05) is 6.54 Å². The van der Waals surface area contributed by atoms with Gasteiger partial charge in [-0.25, -0.2) is 0 Å². The lowest BCUT2D eigenvalue weighted by Gasteiger charge is -2.28. The number of aryl methyl sites for hydroxylation is 1. The Hall–Kier alpha value is -1.54. The number of nitrogens with one attached hydrogen (secondary N) is 1. The molecule has 132 valence electrons. The number of rotatable bonds is 7. The summed E-state index contributed by atoms with van der Waals surface area (Å²) in [5.41, 5.74) is -3.41. The Kier molecular flexibility index (Phi) is 6.24. The number of furan rings is 1. The molecule has 5 nitrogen and oxygen atoms in total. The molecule has 1 aromatic heterocycles. The summed E-state index contributed by atoms with van der Waals surface area (Å²) < 4.78 is 44.4. The fourth-order valence-electron chi connectivity index (χ4n) is 2.14. The number of carbonyl (C=O) groups excluding carboxylic acids is 1. The Bertz CT molecular complexity index is 527. The molecule has 1 amide bonds. The van der Waals surface area contributed by atoms with Crippen molar-refractivity contribution in [2.45, 2.75) is 51.5 Å². The van der Waals surface area contributed by atoms with E-state index in [0.29, 0.717) is 6.42 Å². The van der Waals surface area contributed by atoms with Crippen molar-refractivity contribution in [3.8, 4) is 0 Å². The molecule has 0 aliphatic carbocycles. The fourth-order valence-corrected chi connectivity index (χ4v) is 2.14. The van der Waals surface area contributed by atoms with Crippen LogP contribution >= 0.6 is 0 Å². The minimum Gasteiger partial charge on any atom is -0.463 e. The minimum atomic E-state index is -5.08. The molecular weight excluding hydrogens is 315 g/mol. The molecule has 0 radical (unpaired) electrons. The first kappa shape index (κ1) is 19.5. The van der Waals surface area contributed by atoms with Crippen molar-refractivity contribution in [1.29, 1.82) is 0 Å². The van der Waals surface area contributed by atoms with Crippen molar-refractivity contribution in [3.63, 3.8) is 0 Å². The van der Waals surface area contributed by atoms with E-state index < -0.39 is 36.0 Å². The summed E-state index contributed by atoms with van der Waals surface area (Å²) in [6, 6.07) is 2.26. The molecule has 0 saturated heterocycles. The van der Waals surface area contributed by atoms with Gasteiger partial charge in [0.1, 0.15) is 11.5 Å². The van der Waals surface area contributed by atoms with E-state index in [2.05, 4.69) is 5.32 Å². The van der Waals surface area contributed by atoms with Crippen molar-refractivity contribution < 1.29 is 32.6 Å². The van der Waals surface area contributed by atoms with Crippen LogP contribution in [0.3, 0.4) is 0 Å². The summed E-state index contributed by atoms with van der Waals surface area (Å²) in [5, 5.41) is 21.8. The van der Waals surface area contributed by atoms with Crippen molar-refractivity contribution in [3.05, 3.63) is 23.7 Å². The molecule has 0 aliphatic heterocycles. The quantitative estimate of drug-likeness (QED) is 0.713. The van der Waals surface area contributed by atoms with Gasteiger partial charge in [-0.3, -0.25) is 4.79 Å². The zero-order valence-electron chi connectivity index (χ0n) is 13.3. The van der Waals surface area contributed by atoms with E-state index in [9.17, 15) is 28.2 Å². The molecule has 0 saturated carbocycles. The van der Waals surface area contributed by atoms with Crippen molar-refractivity contribution in [1.82, 2.24) is 5.32 Å². The average molecular weight is 337 g/mol. The number of aliphatic hydroxyl groups excluding tert-OH is 1. The van der Waals surface area contributed by atoms with E-state index in [0.717, 1.165) is 6.07 Å². The van der Waals surface area contributed by atoms with Gasteiger partial charge in [0.2, 0.25) is 11.5 Å². The third-order valence-corrected chi connectivity index (χ3v) is 3.31. The molecule has 2 atom stereocenters. The molecule has 23 heavy (non-hydrogen) atoms. The lowest BCUT2D eigenvalue weighted by atomic mass is 9.95. The van der Waals surface area contributed by atoms with Crippen LogP contribution < -0.4 is 5.32 Å². The first-order chi connectivity index (χ1) is 10.5. The molecule has 0 spiro atoms. The predicted molar refractivity (Wildman–Crippen MR) is 76.5 cm³/mol. The molecule has 0 bridgehead atoms. The summed E-state index contributed by atoms with van der Waals surface area (Å²) in [6.45, 7) is 4.99. The van der Waals surface area contributed by atoms with Crippen LogP contribution in [0.2, 0.25) is 0 Å². The maximum absolute atomic E-state index is 13.2. The highest BCUT2D eigenvalue weighted by atomic mass is 19.4. The Labute approximate surface area is 132 Å². The summed E-state index contributed by atoms with van der Waals surface area (Å²) >= 11 is 0. The Morgan fingerprint density at radius 1 is 1.35 bits per heavy atom. The van der Waals surface area contributed by atoms with E-state index in [1.807, 2.05) is 13.8 Å². The van der Waals surface area contributed by atoms with Crippen molar-refractivity contribution in [2.24, 2.45) is 5.92 Å². The number of aliphatic hydroxyl groups is 2. The van der Waals surface area contributed by atoms with Crippen LogP contribution in [0.15, 0.2) is 16.5 Å². The van der Waals surface area contributed by atoms with Gasteiger partial charge in [-0.05, 0) is 31.4 Å². The van der Waals surface area contributed by atoms with Crippen LogP contribution in [0.1, 0.15) is 38.2 Å². The van der Waals surface area contributed by atoms with Gasteiger partial charge in [0.05, 0.1) is 12.5 Å². The van der Waals surface area contributed by atoms with E-state index in [4.69, 9.17) is 4.42 Å². The predicted octanol–water partition coefficient (Wildman–Crippen LogP) is 2.25. The Morgan fingerprint density at radius 3 is 2.39 bits per heavy atom. The highest BCUT2D eigenvalue weighted by molar-refractivity contribution is 5.77. The van der Waals surface area contributed by atoms with Gasteiger partial charge in [-0.2, -0.15) is 13.2 Å². The lowest BCUT2D eigenvalue weighted by molar-refractivity contribution is -0.273. The largest absolute Gasteiger partial charge is 0.463 e. The fraction of sp³-hybridized carbons (Fsp3) is 0.667. The number of alkyl halides is 3. The van der Waals surface area contributed by atoms with E-state index >= 15 is 0 Å². The molecule has 1 aromatic rings. The van der Waals surface area contributed by atoms with E-state index in [-0.39, 0.29) is 18.2 Å². The molecule has 3 N–H and O–H groups in total. The lowest BCUT2D eigenvalue weighted by Crippen LogP contribution is -2.46. The van der Waals surface area contributed by atoms with Gasteiger partial charge in [0.15, 0.2) is 0 Å². The number of carbonyl (C=O) groups is 1. The highest BCUT2D eigenvalue weighted by Crippen LogP contribution is 2.42. The molecule has 2 unspecified atom stereocenters. The molecule has 1 rings (SSSR count). The number of amides is 1. The SMILES string of the molecule is Cc1ccc(C(O)(CC(=O)NCC(O)CC(C)C)C(F)(F)F)o1. The van der Waals surface area contributed by atoms with Gasteiger partial charge >= 0.3 is 6.18 Å². The van der Waals surface area contributed by atoms with Crippen LogP contribution in [0.25, 0.3) is 0 Å². The second kappa shape index (κ2) is 7.35. The van der Waals surface area contributed by atoms with Gasteiger partial charge < -0.3 is 19.9 Å². The second-order valence-electron chi connectivity index (χ2n) is 6.03.